The fraction of sp³-hybridized carbons (Fsp3) is 0.130. The Bertz CT molecular complexity index is 1400. The quantitative estimate of drug-likeness (QED) is 0.421. The van der Waals surface area contributed by atoms with E-state index >= 15 is 0 Å². The van der Waals surface area contributed by atoms with Gasteiger partial charge in [0.05, 0.1) is 5.56 Å². The second kappa shape index (κ2) is 6.36. The highest BCUT2D eigenvalue weighted by Crippen LogP contribution is 2.48. The van der Waals surface area contributed by atoms with Gasteiger partial charge in [-0.3, -0.25) is 13.9 Å². The van der Waals surface area contributed by atoms with E-state index < -0.39 is 5.69 Å². The lowest BCUT2D eigenvalue weighted by molar-refractivity contribution is 0.396. The van der Waals surface area contributed by atoms with Crippen molar-refractivity contribution in [2.24, 2.45) is 14.1 Å². The summed E-state index contributed by atoms with van der Waals surface area (Å²) >= 11 is 6.11. The molecule has 0 aliphatic carbocycles. The monoisotopic (exact) mass is 404 g/mol. The predicted octanol–water partition coefficient (Wildman–Crippen LogP) is 4.18. The van der Waals surface area contributed by atoms with E-state index in [4.69, 9.17) is 16.3 Å². The Hall–Kier alpha value is -3.31. The standard InChI is InChI=1S/C23H17ClN2O3/c1-25-21(27)20-18(14-7-10-15(24)11-8-14)19-16-6-4-3-5-13(16)9-12-17(19)29-22(20)26(2)23(25)28/h3-12,18H,1-2H3/t18-/m1/s1. The molecule has 3 aromatic carbocycles. The van der Waals surface area contributed by atoms with Crippen molar-refractivity contribution in [2.75, 3.05) is 0 Å². The third-order valence-electron chi connectivity index (χ3n) is 5.56. The van der Waals surface area contributed by atoms with E-state index in [1.165, 1.54) is 11.6 Å². The van der Waals surface area contributed by atoms with Gasteiger partial charge in [-0.2, -0.15) is 0 Å². The Balaban J connectivity index is 1.94. The average Bonchev–Trinajstić information content (AvgIpc) is 2.75. The van der Waals surface area contributed by atoms with Gasteiger partial charge >= 0.3 is 5.69 Å². The zero-order valence-electron chi connectivity index (χ0n) is 15.8. The Labute approximate surface area is 171 Å². The molecule has 29 heavy (non-hydrogen) atoms. The molecule has 0 bridgehead atoms. The molecule has 4 aromatic rings. The SMILES string of the molecule is Cn1c2c(c(=O)n(C)c1=O)[C@H](c1ccc(Cl)cc1)c1c(ccc3ccccc13)O2. The molecule has 2 heterocycles. The minimum atomic E-state index is -0.423. The summed E-state index contributed by atoms with van der Waals surface area (Å²) in [6.45, 7) is 0. The molecule has 0 fully saturated rings. The van der Waals surface area contributed by atoms with Crippen LogP contribution >= 0.6 is 11.6 Å². The van der Waals surface area contributed by atoms with Crippen molar-refractivity contribution in [2.45, 2.75) is 5.92 Å². The van der Waals surface area contributed by atoms with E-state index in [9.17, 15) is 9.59 Å². The van der Waals surface area contributed by atoms with E-state index in [1.54, 1.807) is 7.05 Å². The summed E-state index contributed by atoms with van der Waals surface area (Å²) in [5, 5.41) is 2.68. The van der Waals surface area contributed by atoms with Gasteiger partial charge in [-0.25, -0.2) is 4.79 Å². The number of aromatic nitrogens is 2. The zero-order valence-corrected chi connectivity index (χ0v) is 16.6. The largest absolute Gasteiger partial charge is 0.440 e. The van der Waals surface area contributed by atoms with E-state index in [-0.39, 0.29) is 17.4 Å². The molecule has 0 saturated heterocycles. The van der Waals surface area contributed by atoms with Crippen LogP contribution < -0.4 is 16.0 Å². The zero-order chi connectivity index (χ0) is 20.3. The van der Waals surface area contributed by atoms with Crippen LogP contribution in [0.1, 0.15) is 22.6 Å². The van der Waals surface area contributed by atoms with Crippen molar-refractivity contribution in [1.29, 1.82) is 0 Å². The molecule has 0 unspecified atom stereocenters. The highest BCUT2D eigenvalue weighted by Gasteiger charge is 2.35. The van der Waals surface area contributed by atoms with E-state index in [2.05, 4.69) is 0 Å². The lowest BCUT2D eigenvalue weighted by Gasteiger charge is -2.30. The minimum Gasteiger partial charge on any atom is -0.440 e. The van der Waals surface area contributed by atoms with Crippen LogP contribution in [0.5, 0.6) is 11.6 Å². The maximum absolute atomic E-state index is 13.2. The predicted molar refractivity (Wildman–Crippen MR) is 113 cm³/mol. The van der Waals surface area contributed by atoms with Crippen LogP contribution in [0, 0.1) is 0 Å². The summed E-state index contributed by atoms with van der Waals surface area (Å²) in [5.41, 5.74) is 1.48. The van der Waals surface area contributed by atoms with Gasteiger partial charge in [0.2, 0.25) is 5.88 Å². The summed E-state index contributed by atoms with van der Waals surface area (Å²) in [7, 11) is 3.11. The molecule has 5 nitrogen and oxygen atoms in total. The number of nitrogens with zero attached hydrogens (tertiary/aromatic N) is 2. The van der Waals surface area contributed by atoms with E-state index in [1.807, 2.05) is 60.7 Å². The summed E-state index contributed by atoms with van der Waals surface area (Å²) in [4.78, 5) is 25.7. The average molecular weight is 405 g/mol. The van der Waals surface area contributed by atoms with E-state index in [0.717, 1.165) is 26.5 Å². The van der Waals surface area contributed by atoms with Crippen LogP contribution in [0.4, 0.5) is 0 Å². The number of benzene rings is 3. The second-order valence-electron chi connectivity index (χ2n) is 7.21. The van der Waals surface area contributed by atoms with Crippen LogP contribution in [-0.4, -0.2) is 9.13 Å². The first-order valence-corrected chi connectivity index (χ1v) is 9.60. The number of halogens is 1. The highest BCUT2D eigenvalue weighted by atomic mass is 35.5. The molecule has 0 amide bonds. The van der Waals surface area contributed by atoms with Gasteiger partial charge in [-0.05, 0) is 34.5 Å². The van der Waals surface area contributed by atoms with Crippen LogP contribution in [0.15, 0.2) is 70.3 Å². The molecular formula is C23H17ClN2O3. The lowest BCUT2D eigenvalue weighted by Crippen LogP contribution is -2.41. The Morgan fingerprint density at radius 1 is 0.862 bits per heavy atom. The number of fused-ring (bicyclic) bond motifs is 4. The molecule has 0 spiro atoms. The van der Waals surface area contributed by atoms with Crippen LogP contribution in [0.2, 0.25) is 5.02 Å². The summed E-state index contributed by atoms with van der Waals surface area (Å²) in [6, 6.07) is 19.3. The van der Waals surface area contributed by atoms with Gasteiger partial charge in [-0.1, -0.05) is 54.1 Å². The molecule has 0 radical (unpaired) electrons. The van der Waals surface area contributed by atoms with Crippen LogP contribution in [0.25, 0.3) is 10.8 Å². The molecule has 1 aliphatic heterocycles. The van der Waals surface area contributed by atoms with Crippen molar-refractivity contribution >= 4 is 22.4 Å². The second-order valence-corrected chi connectivity index (χ2v) is 7.65. The van der Waals surface area contributed by atoms with Gasteiger partial charge in [0.15, 0.2) is 0 Å². The van der Waals surface area contributed by atoms with Gasteiger partial charge in [0, 0.05) is 30.6 Å². The van der Waals surface area contributed by atoms with Gasteiger partial charge in [0.1, 0.15) is 5.75 Å². The molecular weight excluding hydrogens is 388 g/mol. The highest BCUT2D eigenvalue weighted by molar-refractivity contribution is 6.30. The fourth-order valence-electron chi connectivity index (χ4n) is 4.12. The number of ether oxygens (including phenoxy) is 1. The fourth-order valence-corrected chi connectivity index (χ4v) is 4.25. The first-order chi connectivity index (χ1) is 14.0. The number of hydrogen-bond acceptors (Lipinski definition) is 3. The van der Waals surface area contributed by atoms with Crippen LogP contribution in [0.3, 0.4) is 0 Å². The third-order valence-corrected chi connectivity index (χ3v) is 5.81. The molecule has 0 N–H and O–H groups in total. The van der Waals surface area contributed by atoms with E-state index in [0.29, 0.717) is 16.3 Å². The van der Waals surface area contributed by atoms with Gasteiger partial charge < -0.3 is 4.74 Å². The lowest BCUT2D eigenvalue weighted by atomic mass is 9.81. The smallest absolute Gasteiger partial charge is 0.333 e. The number of rotatable bonds is 1. The topological polar surface area (TPSA) is 53.2 Å². The summed E-state index contributed by atoms with van der Waals surface area (Å²) in [5.74, 6) is 0.530. The third kappa shape index (κ3) is 2.54. The summed E-state index contributed by atoms with van der Waals surface area (Å²) in [6.07, 6.45) is 0. The number of hydrogen-bond donors (Lipinski definition) is 0. The van der Waals surface area contributed by atoms with Crippen molar-refractivity contribution in [3.05, 3.63) is 103 Å². The maximum Gasteiger partial charge on any atom is 0.333 e. The summed E-state index contributed by atoms with van der Waals surface area (Å²) < 4.78 is 8.64. The van der Waals surface area contributed by atoms with Gasteiger partial charge in [0.25, 0.3) is 5.56 Å². The molecule has 1 atom stereocenters. The Morgan fingerprint density at radius 3 is 2.34 bits per heavy atom. The molecule has 144 valence electrons. The molecule has 5 rings (SSSR count). The molecule has 1 aliphatic rings. The van der Waals surface area contributed by atoms with Crippen molar-refractivity contribution < 1.29 is 4.74 Å². The van der Waals surface area contributed by atoms with Crippen LogP contribution in [-0.2, 0) is 14.1 Å². The van der Waals surface area contributed by atoms with Gasteiger partial charge in [-0.15, -0.1) is 0 Å². The maximum atomic E-state index is 13.2. The van der Waals surface area contributed by atoms with Crippen molar-refractivity contribution in [3.63, 3.8) is 0 Å². The normalized spacial score (nSPS) is 14.9. The first kappa shape index (κ1) is 17.8. The Kier molecular flexibility index (Phi) is 3.89. The molecule has 6 heteroatoms. The molecule has 1 aromatic heterocycles. The molecule has 0 saturated carbocycles. The van der Waals surface area contributed by atoms with Crippen molar-refractivity contribution in [1.82, 2.24) is 9.13 Å². The minimum absolute atomic E-state index is 0.279. The van der Waals surface area contributed by atoms with Crippen molar-refractivity contribution in [3.8, 4) is 11.6 Å². The first-order valence-electron chi connectivity index (χ1n) is 9.22. The Morgan fingerprint density at radius 2 is 1.59 bits per heavy atom.